The molecule has 162 valence electrons. The molecule has 5 aromatic carbocycles. The van der Waals surface area contributed by atoms with Gasteiger partial charge in [-0.05, 0) is 56.9 Å². The van der Waals surface area contributed by atoms with Gasteiger partial charge < -0.3 is 9.13 Å². The van der Waals surface area contributed by atoms with E-state index >= 15 is 0 Å². The summed E-state index contributed by atoms with van der Waals surface area (Å²) in [4.78, 5) is 9.32. The topological polar surface area (TPSA) is 35.6 Å². The molecule has 0 fully saturated rings. The van der Waals surface area contributed by atoms with Crippen molar-refractivity contribution in [2.45, 2.75) is 13.1 Å². The van der Waals surface area contributed by atoms with Crippen LogP contribution in [0.2, 0.25) is 0 Å². The Morgan fingerprint density at radius 1 is 0.471 bits per heavy atom. The van der Waals surface area contributed by atoms with E-state index in [4.69, 9.17) is 0 Å². The van der Waals surface area contributed by atoms with E-state index in [1.165, 1.54) is 32.7 Å². The molecule has 7 rings (SSSR count). The molecule has 0 aliphatic carbocycles. The molecule has 0 aliphatic heterocycles. The maximum absolute atomic E-state index is 4.66. The molecule has 0 spiro atoms. The highest BCUT2D eigenvalue weighted by molar-refractivity contribution is 5.96. The third-order valence-corrected chi connectivity index (χ3v) is 6.67. The second-order valence-corrected chi connectivity index (χ2v) is 8.94. The minimum atomic E-state index is 0.790. The van der Waals surface area contributed by atoms with Crippen LogP contribution in [0.15, 0.2) is 110 Å². The van der Waals surface area contributed by atoms with E-state index in [0.717, 1.165) is 35.2 Å². The second kappa shape index (κ2) is 7.56. The monoisotopic (exact) mass is 438 g/mol. The van der Waals surface area contributed by atoms with Crippen molar-refractivity contribution in [3.8, 4) is 0 Å². The molecule has 4 nitrogen and oxygen atoms in total. The van der Waals surface area contributed by atoms with E-state index in [0.29, 0.717) is 0 Å². The van der Waals surface area contributed by atoms with Crippen molar-refractivity contribution >= 4 is 43.6 Å². The molecule has 0 amide bonds. The molecule has 4 heteroatoms. The summed E-state index contributed by atoms with van der Waals surface area (Å²) in [7, 11) is 0. The standard InChI is InChI=1S/C30H22N4/c1-3-10-25-15-29-27(13-23(25)8-1)31-19-33(29)17-21-6-5-7-22(12-21)18-34-20-32-28-14-24-9-2-4-11-26(24)16-30(28)34/h1-16,19-20H,17-18H2. The van der Waals surface area contributed by atoms with Gasteiger partial charge in [0, 0.05) is 13.1 Å². The van der Waals surface area contributed by atoms with Crippen molar-refractivity contribution in [1.82, 2.24) is 19.1 Å². The van der Waals surface area contributed by atoms with Gasteiger partial charge in [0.25, 0.3) is 0 Å². The summed E-state index contributed by atoms with van der Waals surface area (Å²) in [5, 5.41) is 4.93. The molecular formula is C30H22N4. The Morgan fingerprint density at radius 2 is 0.912 bits per heavy atom. The average molecular weight is 439 g/mol. The fraction of sp³-hybridized carbons (Fsp3) is 0.0667. The number of rotatable bonds is 4. The molecule has 0 saturated heterocycles. The van der Waals surface area contributed by atoms with Gasteiger partial charge in [-0.3, -0.25) is 0 Å². The predicted molar refractivity (Wildman–Crippen MR) is 139 cm³/mol. The van der Waals surface area contributed by atoms with E-state index in [1.807, 2.05) is 12.7 Å². The predicted octanol–water partition coefficient (Wildman–Crippen LogP) is 6.79. The normalized spacial score (nSPS) is 11.8. The zero-order valence-corrected chi connectivity index (χ0v) is 18.6. The molecule has 7 aromatic rings. The number of hydrogen-bond donors (Lipinski definition) is 0. The van der Waals surface area contributed by atoms with Gasteiger partial charge >= 0.3 is 0 Å². The maximum atomic E-state index is 4.66. The molecule has 0 radical (unpaired) electrons. The lowest BCUT2D eigenvalue weighted by Crippen LogP contribution is -2.01. The summed E-state index contributed by atoms with van der Waals surface area (Å²) in [6.07, 6.45) is 3.90. The van der Waals surface area contributed by atoms with E-state index < -0.39 is 0 Å². The van der Waals surface area contributed by atoms with Gasteiger partial charge in [-0.15, -0.1) is 0 Å². The first-order valence-electron chi connectivity index (χ1n) is 11.6. The number of benzene rings is 5. The molecule has 34 heavy (non-hydrogen) atoms. The van der Waals surface area contributed by atoms with Gasteiger partial charge in [0.1, 0.15) is 0 Å². The van der Waals surface area contributed by atoms with Crippen LogP contribution in [0.5, 0.6) is 0 Å². The first-order valence-corrected chi connectivity index (χ1v) is 11.6. The fourth-order valence-corrected chi connectivity index (χ4v) is 4.96. The fourth-order valence-electron chi connectivity index (χ4n) is 4.96. The Bertz CT molecular complexity index is 1690. The average Bonchev–Trinajstić information content (AvgIpc) is 3.44. The minimum Gasteiger partial charge on any atom is -0.326 e. The summed E-state index contributed by atoms with van der Waals surface area (Å²) >= 11 is 0. The van der Waals surface area contributed by atoms with Gasteiger partial charge in [0.15, 0.2) is 0 Å². The molecule has 0 N–H and O–H groups in total. The van der Waals surface area contributed by atoms with Crippen molar-refractivity contribution in [3.63, 3.8) is 0 Å². The van der Waals surface area contributed by atoms with Crippen molar-refractivity contribution in [2.24, 2.45) is 0 Å². The van der Waals surface area contributed by atoms with Crippen molar-refractivity contribution in [1.29, 1.82) is 0 Å². The van der Waals surface area contributed by atoms with E-state index in [9.17, 15) is 0 Å². The first-order chi connectivity index (χ1) is 16.8. The van der Waals surface area contributed by atoms with E-state index in [1.54, 1.807) is 0 Å². The second-order valence-electron chi connectivity index (χ2n) is 8.94. The Hall–Kier alpha value is -4.44. The number of nitrogens with zero attached hydrogens (tertiary/aromatic N) is 4. The highest BCUT2D eigenvalue weighted by Crippen LogP contribution is 2.24. The van der Waals surface area contributed by atoms with Crippen LogP contribution in [-0.4, -0.2) is 19.1 Å². The molecule has 0 bridgehead atoms. The largest absolute Gasteiger partial charge is 0.326 e. The maximum Gasteiger partial charge on any atom is 0.0961 e. The SMILES string of the molecule is c1cc(Cn2cnc3cc4ccccc4cc32)cc(Cn2cnc3cc4ccccc4cc32)c1. The lowest BCUT2D eigenvalue weighted by Gasteiger charge is -2.09. The van der Waals surface area contributed by atoms with Crippen LogP contribution in [-0.2, 0) is 13.1 Å². The number of fused-ring (bicyclic) bond motifs is 4. The molecule has 0 atom stereocenters. The first kappa shape index (κ1) is 19.1. The van der Waals surface area contributed by atoms with Crippen LogP contribution < -0.4 is 0 Å². The Balaban J connectivity index is 1.21. The van der Waals surface area contributed by atoms with Crippen molar-refractivity contribution in [2.75, 3.05) is 0 Å². The van der Waals surface area contributed by atoms with Crippen LogP contribution in [0.1, 0.15) is 11.1 Å². The van der Waals surface area contributed by atoms with Crippen LogP contribution >= 0.6 is 0 Å². The summed E-state index contributed by atoms with van der Waals surface area (Å²) in [5.41, 5.74) is 6.92. The molecule has 0 aliphatic rings. The summed E-state index contributed by atoms with van der Waals surface area (Å²) < 4.78 is 4.47. The Labute approximate surface area is 196 Å². The van der Waals surface area contributed by atoms with Crippen molar-refractivity contribution in [3.05, 3.63) is 121 Å². The van der Waals surface area contributed by atoms with Gasteiger partial charge in [-0.25, -0.2) is 9.97 Å². The van der Waals surface area contributed by atoms with Gasteiger partial charge in [-0.2, -0.15) is 0 Å². The van der Waals surface area contributed by atoms with E-state index in [-0.39, 0.29) is 0 Å². The molecule has 0 unspecified atom stereocenters. The zero-order valence-electron chi connectivity index (χ0n) is 18.6. The molecular weight excluding hydrogens is 416 g/mol. The summed E-state index contributed by atoms with van der Waals surface area (Å²) in [5.74, 6) is 0. The lowest BCUT2D eigenvalue weighted by molar-refractivity contribution is 0.804. The van der Waals surface area contributed by atoms with Crippen molar-refractivity contribution < 1.29 is 0 Å². The summed E-state index contributed by atoms with van der Waals surface area (Å²) in [6, 6.07) is 34.5. The third kappa shape index (κ3) is 3.23. The van der Waals surface area contributed by atoms with Gasteiger partial charge in [0.05, 0.1) is 34.7 Å². The molecule has 2 aromatic heterocycles. The zero-order chi connectivity index (χ0) is 22.5. The quantitative estimate of drug-likeness (QED) is 0.303. The van der Waals surface area contributed by atoms with Crippen LogP contribution in [0.25, 0.3) is 43.6 Å². The highest BCUT2D eigenvalue weighted by atomic mass is 15.0. The third-order valence-electron chi connectivity index (χ3n) is 6.67. The lowest BCUT2D eigenvalue weighted by atomic mass is 10.1. The highest BCUT2D eigenvalue weighted by Gasteiger charge is 2.08. The Morgan fingerprint density at radius 3 is 1.38 bits per heavy atom. The van der Waals surface area contributed by atoms with E-state index in [2.05, 4.69) is 116 Å². The number of hydrogen-bond acceptors (Lipinski definition) is 2. The molecule has 0 saturated carbocycles. The minimum absolute atomic E-state index is 0.790. The van der Waals surface area contributed by atoms with Gasteiger partial charge in [0.2, 0.25) is 0 Å². The summed E-state index contributed by atoms with van der Waals surface area (Å²) in [6.45, 7) is 1.58. The molecule has 2 heterocycles. The van der Waals surface area contributed by atoms with Crippen LogP contribution in [0.4, 0.5) is 0 Å². The number of imidazole rings is 2. The smallest absolute Gasteiger partial charge is 0.0961 e. The number of aromatic nitrogens is 4. The Kier molecular flexibility index (Phi) is 4.24. The van der Waals surface area contributed by atoms with Crippen LogP contribution in [0, 0.1) is 0 Å². The van der Waals surface area contributed by atoms with Gasteiger partial charge in [-0.1, -0.05) is 72.8 Å². The van der Waals surface area contributed by atoms with Crippen LogP contribution in [0.3, 0.4) is 0 Å².